The molecule has 0 radical (unpaired) electrons. The summed E-state index contributed by atoms with van der Waals surface area (Å²) >= 11 is 0. The van der Waals surface area contributed by atoms with Gasteiger partial charge in [0.15, 0.2) is 0 Å². The van der Waals surface area contributed by atoms with Crippen molar-refractivity contribution in [1.29, 1.82) is 0 Å². The van der Waals surface area contributed by atoms with Crippen molar-refractivity contribution >= 4 is 17.5 Å². The maximum atomic E-state index is 13.9. The van der Waals surface area contributed by atoms with Gasteiger partial charge in [0.25, 0.3) is 5.91 Å². The highest BCUT2D eigenvalue weighted by atomic mass is 16.5. The molecule has 1 fully saturated rings. The zero-order valence-electron chi connectivity index (χ0n) is 23.7. The minimum atomic E-state index is -0.282. The number of ether oxygens (including phenoxy) is 3. The summed E-state index contributed by atoms with van der Waals surface area (Å²) in [6, 6.07) is 13.5. The van der Waals surface area contributed by atoms with Crippen LogP contribution >= 0.6 is 0 Å². The average molecular weight is 537 g/mol. The molecule has 2 amide bonds. The van der Waals surface area contributed by atoms with Crippen molar-refractivity contribution in [3.05, 3.63) is 59.2 Å². The maximum absolute atomic E-state index is 13.9. The van der Waals surface area contributed by atoms with Gasteiger partial charge in [0.05, 0.1) is 39.2 Å². The summed E-state index contributed by atoms with van der Waals surface area (Å²) in [5, 5.41) is 6.38. The van der Waals surface area contributed by atoms with E-state index >= 15 is 0 Å². The topological polar surface area (TPSA) is 83.9 Å². The number of aryl methyl sites for hydroxylation is 1. The molecule has 2 aliphatic rings. The van der Waals surface area contributed by atoms with Gasteiger partial charge in [-0.15, -0.1) is 0 Å². The summed E-state index contributed by atoms with van der Waals surface area (Å²) in [5.74, 6) is 0.854. The smallest absolute Gasteiger partial charge is 0.262 e. The van der Waals surface area contributed by atoms with E-state index in [2.05, 4.69) is 4.90 Å². The van der Waals surface area contributed by atoms with E-state index in [0.29, 0.717) is 44.2 Å². The van der Waals surface area contributed by atoms with Gasteiger partial charge in [0.2, 0.25) is 5.91 Å². The first-order valence-corrected chi connectivity index (χ1v) is 13.6. The molecule has 0 spiro atoms. The third kappa shape index (κ3) is 6.96. The molecule has 4 rings (SSSR count). The van der Waals surface area contributed by atoms with E-state index in [0.717, 1.165) is 35.5 Å². The Morgan fingerprint density at radius 2 is 1.79 bits per heavy atom. The summed E-state index contributed by atoms with van der Waals surface area (Å²) < 4.78 is 16.4. The standard InChI is InChI=1S/C30H40N4O5/c1-21(2)30(36)33(13-12-32-14-16-39-17-15-32)20-29(35)34-27(23-8-6-22(3)7-9-23)19-26(31-34)25-11-10-24(37-4)18-28(25)38-5/h6-11,18,21,27H,12-17,19-20H2,1-5H3. The zero-order valence-corrected chi connectivity index (χ0v) is 23.7. The highest BCUT2D eigenvalue weighted by molar-refractivity contribution is 6.05. The van der Waals surface area contributed by atoms with Crippen molar-refractivity contribution in [2.75, 3.05) is 60.2 Å². The monoisotopic (exact) mass is 536 g/mol. The quantitative estimate of drug-likeness (QED) is 0.462. The van der Waals surface area contributed by atoms with Crippen molar-refractivity contribution < 1.29 is 23.8 Å². The first kappa shape index (κ1) is 28.6. The number of carbonyl (C=O) groups is 2. The fourth-order valence-corrected chi connectivity index (χ4v) is 4.94. The van der Waals surface area contributed by atoms with Crippen LogP contribution in [-0.2, 0) is 14.3 Å². The molecule has 1 unspecified atom stereocenters. The van der Waals surface area contributed by atoms with Crippen LogP contribution < -0.4 is 9.47 Å². The lowest BCUT2D eigenvalue weighted by atomic mass is 9.97. The number of hydrogen-bond donors (Lipinski definition) is 0. The van der Waals surface area contributed by atoms with Crippen LogP contribution in [0.2, 0.25) is 0 Å². The Balaban J connectivity index is 1.61. The molecule has 2 aromatic rings. The molecule has 2 aliphatic heterocycles. The van der Waals surface area contributed by atoms with Crippen LogP contribution in [0.3, 0.4) is 0 Å². The van der Waals surface area contributed by atoms with E-state index < -0.39 is 0 Å². The molecule has 1 atom stereocenters. The normalized spacial score (nSPS) is 17.7. The van der Waals surface area contributed by atoms with Crippen LogP contribution in [0.15, 0.2) is 47.6 Å². The minimum Gasteiger partial charge on any atom is -0.497 e. The number of amides is 2. The lowest BCUT2D eigenvalue weighted by Gasteiger charge is -2.31. The molecule has 2 heterocycles. The Kier molecular flexibility index (Phi) is 9.59. The highest BCUT2D eigenvalue weighted by Crippen LogP contribution is 2.36. The number of methoxy groups -OCH3 is 2. The first-order chi connectivity index (χ1) is 18.8. The Hall–Kier alpha value is -3.43. The second kappa shape index (κ2) is 13.1. The Bertz CT molecular complexity index is 1170. The zero-order chi connectivity index (χ0) is 27.9. The van der Waals surface area contributed by atoms with Crippen molar-refractivity contribution in [1.82, 2.24) is 14.8 Å². The SMILES string of the molecule is COc1ccc(C2=NN(C(=O)CN(CCN3CCOCC3)C(=O)C(C)C)C(c3ccc(C)cc3)C2)c(OC)c1. The van der Waals surface area contributed by atoms with Gasteiger partial charge in [0, 0.05) is 50.1 Å². The summed E-state index contributed by atoms with van der Waals surface area (Å²) in [6.45, 7) is 9.97. The minimum absolute atomic E-state index is 0.0275. The largest absolute Gasteiger partial charge is 0.497 e. The summed E-state index contributed by atoms with van der Waals surface area (Å²) in [7, 11) is 3.22. The average Bonchev–Trinajstić information content (AvgIpc) is 3.40. The number of rotatable bonds is 10. The molecule has 39 heavy (non-hydrogen) atoms. The van der Waals surface area contributed by atoms with Crippen LogP contribution in [0.5, 0.6) is 11.5 Å². The van der Waals surface area contributed by atoms with E-state index in [1.165, 1.54) is 0 Å². The van der Waals surface area contributed by atoms with Crippen LogP contribution in [0.25, 0.3) is 0 Å². The van der Waals surface area contributed by atoms with Gasteiger partial charge in [-0.1, -0.05) is 43.7 Å². The second-order valence-electron chi connectivity index (χ2n) is 10.4. The number of morpholine rings is 1. The predicted molar refractivity (Wildman–Crippen MR) is 150 cm³/mol. The molecule has 210 valence electrons. The molecule has 9 heteroatoms. The van der Waals surface area contributed by atoms with E-state index in [-0.39, 0.29) is 30.3 Å². The van der Waals surface area contributed by atoms with Crippen molar-refractivity contribution in [3.8, 4) is 11.5 Å². The molecule has 0 N–H and O–H groups in total. The summed E-state index contributed by atoms with van der Waals surface area (Å²) in [5.41, 5.74) is 3.70. The van der Waals surface area contributed by atoms with Crippen LogP contribution in [0, 0.1) is 12.8 Å². The summed E-state index contributed by atoms with van der Waals surface area (Å²) in [4.78, 5) is 30.9. The lowest BCUT2D eigenvalue weighted by molar-refractivity contribution is -0.143. The van der Waals surface area contributed by atoms with Gasteiger partial charge in [-0.3, -0.25) is 14.5 Å². The van der Waals surface area contributed by atoms with Crippen molar-refractivity contribution in [2.45, 2.75) is 33.2 Å². The van der Waals surface area contributed by atoms with E-state index in [9.17, 15) is 9.59 Å². The van der Waals surface area contributed by atoms with Crippen molar-refractivity contribution in [3.63, 3.8) is 0 Å². The van der Waals surface area contributed by atoms with E-state index in [1.807, 2.05) is 63.2 Å². The summed E-state index contributed by atoms with van der Waals surface area (Å²) in [6.07, 6.45) is 0.531. The molecular formula is C30H40N4O5. The second-order valence-corrected chi connectivity index (χ2v) is 10.4. The Labute approximate surface area is 231 Å². The van der Waals surface area contributed by atoms with Gasteiger partial charge in [-0.2, -0.15) is 5.10 Å². The fourth-order valence-electron chi connectivity index (χ4n) is 4.94. The van der Waals surface area contributed by atoms with Gasteiger partial charge >= 0.3 is 0 Å². The van der Waals surface area contributed by atoms with Gasteiger partial charge < -0.3 is 19.1 Å². The number of nitrogens with zero attached hydrogens (tertiary/aromatic N) is 4. The Morgan fingerprint density at radius 3 is 2.44 bits per heavy atom. The number of benzene rings is 2. The molecule has 0 saturated carbocycles. The van der Waals surface area contributed by atoms with Gasteiger partial charge in [0.1, 0.15) is 18.0 Å². The van der Waals surface area contributed by atoms with Crippen molar-refractivity contribution in [2.24, 2.45) is 11.0 Å². The molecule has 0 bridgehead atoms. The molecule has 2 aromatic carbocycles. The molecule has 9 nitrogen and oxygen atoms in total. The highest BCUT2D eigenvalue weighted by Gasteiger charge is 2.35. The predicted octanol–water partition coefficient (Wildman–Crippen LogP) is 3.51. The fraction of sp³-hybridized carbons (Fsp3) is 0.500. The number of carbonyl (C=O) groups excluding carboxylic acids is 2. The third-order valence-electron chi connectivity index (χ3n) is 7.27. The molecule has 1 saturated heterocycles. The molecular weight excluding hydrogens is 496 g/mol. The van der Waals surface area contributed by atoms with Crippen LogP contribution in [0.4, 0.5) is 0 Å². The van der Waals surface area contributed by atoms with Crippen LogP contribution in [0.1, 0.15) is 43.0 Å². The lowest BCUT2D eigenvalue weighted by Crippen LogP contribution is -2.47. The number of hydrazone groups is 1. The third-order valence-corrected chi connectivity index (χ3v) is 7.27. The molecule has 0 aliphatic carbocycles. The van der Waals surface area contributed by atoms with Gasteiger partial charge in [-0.25, -0.2) is 5.01 Å². The number of hydrogen-bond acceptors (Lipinski definition) is 7. The van der Waals surface area contributed by atoms with E-state index in [1.54, 1.807) is 24.1 Å². The first-order valence-electron chi connectivity index (χ1n) is 13.6. The van der Waals surface area contributed by atoms with E-state index in [4.69, 9.17) is 19.3 Å². The van der Waals surface area contributed by atoms with Crippen LogP contribution in [-0.4, -0.2) is 92.5 Å². The molecule has 0 aromatic heterocycles. The Morgan fingerprint density at radius 1 is 1.08 bits per heavy atom. The van der Waals surface area contributed by atoms with Gasteiger partial charge in [-0.05, 0) is 24.6 Å². The maximum Gasteiger partial charge on any atom is 0.262 e.